The Balaban J connectivity index is 2.98. The maximum Gasteiger partial charge on any atom is 0.356 e. The standard InChI is InChI=1S/C9H12N2O2/c1-6(10)7-4-3-5-8(11-7)9(12)13-2/h3-6H,10H2,1-2H3. The number of aromatic nitrogens is 1. The zero-order valence-electron chi connectivity index (χ0n) is 7.65. The highest BCUT2D eigenvalue weighted by Crippen LogP contribution is 2.07. The number of esters is 1. The van der Waals surface area contributed by atoms with Crippen LogP contribution in [0, 0.1) is 0 Å². The van der Waals surface area contributed by atoms with Crippen molar-refractivity contribution in [3.05, 3.63) is 29.6 Å². The predicted octanol–water partition coefficient (Wildman–Crippen LogP) is 0.888. The van der Waals surface area contributed by atoms with Gasteiger partial charge in [-0.2, -0.15) is 0 Å². The quantitative estimate of drug-likeness (QED) is 0.686. The topological polar surface area (TPSA) is 65.2 Å². The van der Waals surface area contributed by atoms with Crippen molar-refractivity contribution in [2.24, 2.45) is 5.73 Å². The summed E-state index contributed by atoms with van der Waals surface area (Å²) in [6.07, 6.45) is 0. The first-order chi connectivity index (χ1) is 6.15. The highest BCUT2D eigenvalue weighted by molar-refractivity contribution is 5.87. The summed E-state index contributed by atoms with van der Waals surface area (Å²) in [4.78, 5) is 15.1. The van der Waals surface area contributed by atoms with Gasteiger partial charge in [0.15, 0.2) is 0 Å². The second-order valence-electron chi connectivity index (χ2n) is 2.73. The SMILES string of the molecule is COC(=O)c1cccc(C(C)N)n1. The number of carbonyl (C=O) groups is 1. The second kappa shape index (κ2) is 4.00. The van der Waals surface area contributed by atoms with Crippen molar-refractivity contribution in [1.82, 2.24) is 4.98 Å². The molecule has 0 aliphatic rings. The summed E-state index contributed by atoms with van der Waals surface area (Å²) >= 11 is 0. The van der Waals surface area contributed by atoms with Gasteiger partial charge in [0.05, 0.1) is 12.8 Å². The lowest BCUT2D eigenvalue weighted by molar-refractivity contribution is 0.0593. The molecule has 0 bridgehead atoms. The molecule has 0 spiro atoms. The van der Waals surface area contributed by atoms with Gasteiger partial charge in [-0.25, -0.2) is 9.78 Å². The first-order valence-electron chi connectivity index (χ1n) is 3.96. The van der Waals surface area contributed by atoms with Gasteiger partial charge in [-0.1, -0.05) is 6.07 Å². The van der Waals surface area contributed by atoms with Gasteiger partial charge in [0.1, 0.15) is 5.69 Å². The van der Waals surface area contributed by atoms with E-state index in [0.29, 0.717) is 5.69 Å². The molecule has 1 aromatic heterocycles. The van der Waals surface area contributed by atoms with Gasteiger partial charge in [-0.05, 0) is 19.1 Å². The first kappa shape index (κ1) is 9.67. The summed E-state index contributed by atoms with van der Waals surface area (Å²) in [6.45, 7) is 1.81. The Morgan fingerprint density at radius 3 is 2.85 bits per heavy atom. The molecule has 0 fully saturated rings. The summed E-state index contributed by atoms with van der Waals surface area (Å²) in [5.74, 6) is -0.442. The van der Waals surface area contributed by atoms with E-state index in [-0.39, 0.29) is 11.7 Å². The second-order valence-corrected chi connectivity index (χ2v) is 2.73. The van der Waals surface area contributed by atoms with Gasteiger partial charge in [0.2, 0.25) is 0 Å². The van der Waals surface area contributed by atoms with Crippen LogP contribution in [0.5, 0.6) is 0 Å². The van der Waals surface area contributed by atoms with Crippen LogP contribution in [0.3, 0.4) is 0 Å². The maximum absolute atomic E-state index is 11.1. The number of methoxy groups -OCH3 is 1. The van der Waals surface area contributed by atoms with E-state index in [1.165, 1.54) is 7.11 Å². The predicted molar refractivity (Wildman–Crippen MR) is 48.2 cm³/mol. The molecular formula is C9H12N2O2. The summed E-state index contributed by atoms with van der Waals surface area (Å²) in [5, 5.41) is 0. The molecule has 0 radical (unpaired) electrons. The normalized spacial score (nSPS) is 12.2. The average molecular weight is 180 g/mol. The number of pyridine rings is 1. The zero-order chi connectivity index (χ0) is 9.84. The summed E-state index contributed by atoms with van der Waals surface area (Å²) in [5.41, 5.74) is 6.58. The molecule has 1 unspecified atom stereocenters. The number of nitrogens with two attached hydrogens (primary N) is 1. The van der Waals surface area contributed by atoms with Gasteiger partial charge in [0, 0.05) is 6.04 Å². The fourth-order valence-corrected chi connectivity index (χ4v) is 0.923. The molecule has 0 aliphatic heterocycles. The summed E-state index contributed by atoms with van der Waals surface area (Å²) in [6, 6.07) is 4.93. The Morgan fingerprint density at radius 1 is 1.62 bits per heavy atom. The van der Waals surface area contributed by atoms with E-state index < -0.39 is 5.97 Å². The van der Waals surface area contributed by atoms with E-state index in [9.17, 15) is 4.79 Å². The molecule has 1 rings (SSSR count). The number of ether oxygens (including phenoxy) is 1. The zero-order valence-corrected chi connectivity index (χ0v) is 7.65. The Hall–Kier alpha value is -1.42. The van der Waals surface area contributed by atoms with Crippen molar-refractivity contribution in [1.29, 1.82) is 0 Å². The van der Waals surface area contributed by atoms with E-state index in [4.69, 9.17) is 5.73 Å². The molecule has 0 saturated heterocycles. The van der Waals surface area contributed by atoms with Gasteiger partial charge in [-0.15, -0.1) is 0 Å². The summed E-state index contributed by atoms with van der Waals surface area (Å²) < 4.78 is 4.53. The maximum atomic E-state index is 11.1. The first-order valence-corrected chi connectivity index (χ1v) is 3.96. The lowest BCUT2D eigenvalue weighted by Crippen LogP contribution is -2.11. The van der Waals surface area contributed by atoms with Crippen molar-refractivity contribution >= 4 is 5.97 Å². The molecule has 1 aromatic rings. The Bertz CT molecular complexity index is 310. The molecule has 1 atom stereocenters. The fourth-order valence-electron chi connectivity index (χ4n) is 0.923. The van der Waals surface area contributed by atoms with E-state index in [1.807, 2.05) is 6.92 Å². The molecule has 13 heavy (non-hydrogen) atoms. The van der Waals surface area contributed by atoms with E-state index in [1.54, 1.807) is 18.2 Å². The molecule has 0 aliphatic carbocycles. The minimum atomic E-state index is -0.442. The smallest absolute Gasteiger partial charge is 0.356 e. The number of rotatable bonds is 2. The van der Waals surface area contributed by atoms with Gasteiger partial charge >= 0.3 is 5.97 Å². The molecule has 0 amide bonds. The van der Waals surface area contributed by atoms with Crippen LogP contribution in [0.25, 0.3) is 0 Å². The van der Waals surface area contributed by atoms with Crippen molar-refractivity contribution < 1.29 is 9.53 Å². The summed E-state index contributed by atoms with van der Waals surface area (Å²) in [7, 11) is 1.32. The molecule has 4 heteroatoms. The molecular weight excluding hydrogens is 168 g/mol. The van der Waals surface area contributed by atoms with Crippen LogP contribution >= 0.6 is 0 Å². The third-order valence-electron chi connectivity index (χ3n) is 1.63. The minimum absolute atomic E-state index is 0.176. The average Bonchev–Trinajstić information content (AvgIpc) is 2.17. The minimum Gasteiger partial charge on any atom is -0.464 e. The van der Waals surface area contributed by atoms with Crippen LogP contribution in [0.1, 0.15) is 29.1 Å². The van der Waals surface area contributed by atoms with Crippen LogP contribution in [0.4, 0.5) is 0 Å². The van der Waals surface area contributed by atoms with E-state index in [2.05, 4.69) is 9.72 Å². The van der Waals surface area contributed by atoms with Gasteiger partial charge in [0.25, 0.3) is 0 Å². The van der Waals surface area contributed by atoms with Crippen molar-refractivity contribution in [2.45, 2.75) is 13.0 Å². The number of carbonyl (C=O) groups excluding carboxylic acids is 1. The molecule has 4 nitrogen and oxygen atoms in total. The fraction of sp³-hybridized carbons (Fsp3) is 0.333. The molecule has 0 saturated carbocycles. The number of nitrogens with zero attached hydrogens (tertiary/aromatic N) is 1. The third kappa shape index (κ3) is 2.26. The Morgan fingerprint density at radius 2 is 2.31 bits per heavy atom. The third-order valence-corrected chi connectivity index (χ3v) is 1.63. The Labute approximate surface area is 76.7 Å². The van der Waals surface area contributed by atoms with Crippen molar-refractivity contribution in [2.75, 3.05) is 7.11 Å². The van der Waals surface area contributed by atoms with E-state index >= 15 is 0 Å². The molecule has 2 N–H and O–H groups in total. The van der Waals surface area contributed by atoms with E-state index in [0.717, 1.165) is 0 Å². The largest absolute Gasteiger partial charge is 0.464 e. The van der Waals surface area contributed by atoms with Crippen LogP contribution in [-0.2, 0) is 4.74 Å². The van der Waals surface area contributed by atoms with Crippen LogP contribution in [0.15, 0.2) is 18.2 Å². The van der Waals surface area contributed by atoms with Crippen molar-refractivity contribution in [3.63, 3.8) is 0 Å². The Kier molecular flexibility index (Phi) is 2.97. The van der Waals surface area contributed by atoms with Gasteiger partial charge < -0.3 is 10.5 Å². The number of hydrogen-bond donors (Lipinski definition) is 1. The molecule has 0 aromatic carbocycles. The van der Waals surface area contributed by atoms with Crippen molar-refractivity contribution in [3.8, 4) is 0 Å². The number of hydrogen-bond acceptors (Lipinski definition) is 4. The highest BCUT2D eigenvalue weighted by atomic mass is 16.5. The molecule has 1 heterocycles. The highest BCUT2D eigenvalue weighted by Gasteiger charge is 2.08. The van der Waals surface area contributed by atoms with Gasteiger partial charge in [-0.3, -0.25) is 0 Å². The van der Waals surface area contributed by atoms with Crippen LogP contribution < -0.4 is 5.73 Å². The molecule has 70 valence electrons. The monoisotopic (exact) mass is 180 g/mol. The van der Waals surface area contributed by atoms with Crippen LogP contribution in [-0.4, -0.2) is 18.1 Å². The lowest BCUT2D eigenvalue weighted by atomic mass is 10.2. The van der Waals surface area contributed by atoms with Crippen LogP contribution in [0.2, 0.25) is 0 Å². The lowest BCUT2D eigenvalue weighted by Gasteiger charge is -2.05.